The van der Waals surface area contributed by atoms with E-state index in [4.69, 9.17) is 44.7 Å². The molecule has 25 heteroatoms. The summed E-state index contributed by atoms with van der Waals surface area (Å²) in [5, 5.41) is 2.65. The number of aromatic nitrogens is 4. The van der Waals surface area contributed by atoms with E-state index in [0.717, 1.165) is 22.3 Å². The number of likely N-dealkylation sites (tertiary alicyclic amines) is 2. The Morgan fingerprint density at radius 2 is 1.05 bits per heavy atom. The molecule has 1 unspecified atom stereocenters. The van der Waals surface area contributed by atoms with Gasteiger partial charge in [-0.2, -0.15) is 4.99 Å². The Balaban J connectivity index is 0.000000302. The highest BCUT2D eigenvalue weighted by molar-refractivity contribution is 5.93. The average molecular weight is 1290 g/mol. The van der Waals surface area contributed by atoms with Crippen molar-refractivity contribution in [1.82, 2.24) is 51.3 Å². The quantitative estimate of drug-likeness (QED) is 0.00907. The molecule has 0 radical (unpaired) electrons. The largest absolute Gasteiger partial charge is 0.471 e. The highest BCUT2D eigenvalue weighted by Gasteiger charge is 2.48. The molecule has 24 nitrogen and oxygen atoms in total. The van der Waals surface area contributed by atoms with Gasteiger partial charge in [-0.3, -0.25) is 30.0 Å². The SMILES string of the molecule is C=CCCC(=O)NN.C=CCCC(=O)NNC(=O)N[C@H](C(=O)N1CC(Oc2nc3ccccc3nc2-c2cccc(C=C)c2)C[C@H]1C(=O)OC)C(C)(C)C.C=Cc1cccc(-c2nc3ccccc3nc2O[C@@H]2C[C@@H](C(=O)OC)N(C(=O)[C@@H](N=C=O)C(C)(C)C)C2)c1.Cl. The number of nitrogens with one attached hydrogen (secondary N) is 4. The van der Waals surface area contributed by atoms with Crippen molar-refractivity contribution in [3.05, 3.63) is 147 Å². The minimum Gasteiger partial charge on any atom is -0.471 e. The van der Waals surface area contributed by atoms with Gasteiger partial charge in [-0.05, 0) is 71.2 Å². The predicted octanol–water partition coefficient (Wildman–Crippen LogP) is 8.75. The number of nitrogens with zero attached hydrogens (tertiary/aromatic N) is 7. The van der Waals surface area contributed by atoms with Gasteiger partial charge < -0.3 is 34.1 Å². The molecule has 0 aliphatic carbocycles. The van der Waals surface area contributed by atoms with E-state index in [9.17, 15) is 38.4 Å². The summed E-state index contributed by atoms with van der Waals surface area (Å²) in [7, 11) is 2.52. The summed E-state index contributed by atoms with van der Waals surface area (Å²) >= 11 is 0. The van der Waals surface area contributed by atoms with Gasteiger partial charge in [0.25, 0.3) is 0 Å². The zero-order valence-corrected chi connectivity index (χ0v) is 54.3. The first-order chi connectivity index (χ1) is 43.9. The van der Waals surface area contributed by atoms with Crippen molar-refractivity contribution in [2.24, 2.45) is 21.7 Å². The van der Waals surface area contributed by atoms with Crippen molar-refractivity contribution in [3.63, 3.8) is 0 Å². The highest BCUT2D eigenvalue weighted by Crippen LogP contribution is 2.36. The first kappa shape index (κ1) is 73.6. The monoisotopic (exact) mass is 1290 g/mol. The maximum atomic E-state index is 14.1. The first-order valence-electron chi connectivity index (χ1n) is 29.6. The third-order valence-corrected chi connectivity index (χ3v) is 14.7. The lowest BCUT2D eigenvalue weighted by Crippen LogP contribution is -2.60. The van der Waals surface area contributed by atoms with E-state index in [1.54, 1.807) is 65.8 Å². The lowest BCUT2D eigenvalue weighted by Gasteiger charge is -2.35. The number of ether oxygens (including phenoxy) is 4. The Morgan fingerprint density at radius 3 is 1.44 bits per heavy atom. The second-order valence-corrected chi connectivity index (χ2v) is 23.6. The number of nitrogens with two attached hydrogens (primary N) is 1. The summed E-state index contributed by atoms with van der Waals surface area (Å²) in [6.45, 7) is 25.5. The first-order valence-corrected chi connectivity index (χ1v) is 29.6. The van der Waals surface area contributed by atoms with Crippen molar-refractivity contribution in [1.29, 1.82) is 0 Å². The summed E-state index contributed by atoms with van der Waals surface area (Å²) in [5.41, 5.74) is 12.2. The summed E-state index contributed by atoms with van der Waals surface area (Å²) in [6.07, 6.45) is 9.01. The van der Waals surface area contributed by atoms with Crippen LogP contribution in [0, 0.1) is 10.8 Å². The van der Waals surface area contributed by atoms with Gasteiger partial charge in [0.2, 0.25) is 41.5 Å². The topological polar surface area (TPSA) is 318 Å². The molecule has 93 heavy (non-hydrogen) atoms. The molecule has 6 atom stereocenters. The number of urea groups is 1. The number of rotatable bonds is 20. The molecule has 4 heterocycles. The fourth-order valence-electron chi connectivity index (χ4n) is 9.96. The van der Waals surface area contributed by atoms with Gasteiger partial charge in [0.05, 0.1) is 49.4 Å². The van der Waals surface area contributed by atoms with Gasteiger partial charge in [-0.15, -0.1) is 25.6 Å². The van der Waals surface area contributed by atoms with Crippen molar-refractivity contribution in [2.75, 3.05) is 27.3 Å². The number of esters is 2. The van der Waals surface area contributed by atoms with Gasteiger partial charge in [-0.1, -0.05) is 140 Å². The number of para-hydroxylation sites is 4. The zero-order chi connectivity index (χ0) is 67.3. The van der Waals surface area contributed by atoms with Crippen LogP contribution in [-0.2, 0) is 43.0 Å². The number of hydrogen-bond acceptors (Lipinski definition) is 18. The van der Waals surface area contributed by atoms with Crippen LogP contribution in [0.1, 0.15) is 91.2 Å². The Hall–Kier alpha value is -10.2. The molecule has 6 amide bonds. The molecule has 8 rings (SSSR count). The molecule has 2 aliphatic rings. The van der Waals surface area contributed by atoms with Crippen LogP contribution >= 0.6 is 12.4 Å². The van der Waals surface area contributed by atoms with E-state index >= 15 is 0 Å². The molecule has 6 N–H and O–H groups in total. The lowest BCUT2D eigenvalue weighted by atomic mass is 9.85. The fraction of sp³-hybridized carbons (Fsp3) is 0.353. The van der Waals surface area contributed by atoms with Crippen molar-refractivity contribution >= 4 is 94.3 Å². The average Bonchev–Trinajstić information content (AvgIpc) is 1.80. The number of isocyanates is 1. The maximum Gasteiger partial charge on any atom is 0.334 e. The molecule has 0 saturated carbocycles. The van der Waals surface area contributed by atoms with E-state index in [1.807, 2.05) is 102 Å². The van der Waals surface area contributed by atoms with Crippen LogP contribution in [0.4, 0.5) is 4.79 Å². The smallest absolute Gasteiger partial charge is 0.334 e. The Labute approximate surface area is 546 Å². The van der Waals surface area contributed by atoms with Crippen LogP contribution in [0.3, 0.4) is 0 Å². The molecular formula is C68H81ClN12O12. The molecule has 0 bridgehead atoms. The fourth-order valence-corrected chi connectivity index (χ4v) is 9.96. The molecule has 6 aromatic rings. The van der Waals surface area contributed by atoms with Crippen LogP contribution in [0.25, 0.3) is 56.7 Å². The number of halogens is 1. The van der Waals surface area contributed by atoms with E-state index in [2.05, 4.69) is 47.5 Å². The number of carbonyl (C=O) groups excluding carboxylic acids is 8. The molecule has 2 aliphatic heterocycles. The van der Waals surface area contributed by atoms with Crippen molar-refractivity contribution in [3.8, 4) is 34.3 Å². The molecule has 4 aromatic carbocycles. The number of aliphatic imine (C=N–C) groups is 1. The standard InChI is InChI=1S/C34H40N6O6.C29H30N4O5.C5H10N2O.ClH/c1-7-9-17-27(41)38-39-33(44)37-29(34(3,4)5)31(42)40-20-23(19-26(40)32(43)45-6)46-30-28(22-14-12-13-21(8-2)18-22)35-24-15-10-11-16-25(24)36-30;1-6-18-10-9-11-19(14-18)24-26(32-22-13-8-7-12-21(22)31-24)38-20-15-23(28(36)37-5)33(16-20)27(35)25(30-17-34)29(2,3)4;1-2-3-4-5(8)7-6;/h7-8,10-16,18,23,26,29H,1-2,9,17,19-20H2,3-6H3,(H,38,41)(H2,37,39,44);6-14,20,23,25H,1,15-16H2,2-5H3;2H,1,3-4,6H2,(H,7,8);1H/t23?,26-,29+;20-,23+,25-;;/m01../s1. The second-order valence-electron chi connectivity index (χ2n) is 23.6. The van der Waals surface area contributed by atoms with E-state index < -0.39 is 82.9 Å². The van der Waals surface area contributed by atoms with Crippen LogP contribution in [0.15, 0.2) is 141 Å². The molecule has 0 spiro atoms. The van der Waals surface area contributed by atoms with E-state index in [0.29, 0.717) is 52.7 Å². The molecule has 2 fully saturated rings. The second kappa shape index (κ2) is 34.3. The maximum absolute atomic E-state index is 14.1. The van der Waals surface area contributed by atoms with Crippen LogP contribution in [0.5, 0.6) is 11.8 Å². The Morgan fingerprint density at radius 1 is 0.624 bits per heavy atom. The summed E-state index contributed by atoms with van der Waals surface area (Å²) in [6, 6.07) is 25.4. The van der Waals surface area contributed by atoms with Gasteiger partial charge in [-0.25, -0.2) is 50.4 Å². The third-order valence-electron chi connectivity index (χ3n) is 14.7. The van der Waals surface area contributed by atoms with E-state index in [-0.39, 0.29) is 62.4 Å². The minimum absolute atomic E-state index is 0. The highest BCUT2D eigenvalue weighted by atomic mass is 35.5. The Kier molecular flexibility index (Phi) is 27.1. The van der Waals surface area contributed by atoms with Crippen molar-refractivity contribution in [2.45, 2.75) is 116 Å². The van der Waals surface area contributed by atoms with Gasteiger partial charge >= 0.3 is 18.0 Å². The van der Waals surface area contributed by atoms with Crippen molar-refractivity contribution < 1.29 is 57.3 Å². The van der Waals surface area contributed by atoms with Crippen LogP contribution in [-0.4, -0.2) is 141 Å². The van der Waals surface area contributed by atoms with Crippen LogP contribution in [0.2, 0.25) is 0 Å². The lowest BCUT2D eigenvalue weighted by molar-refractivity contribution is -0.152. The number of hydrogen-bond donors (Lipinski definition) is 5. The Bertz CT molecular complexity index is 3750. The van der Waals surface area contributed by atoms with E-state index in [1.165, 1.54) is 30.1 Å². The number of amides is 6. The number of benzene rings is 4. The number of methoxy groups -OCH3 is 2. The number of fused-ring (bicyclic) bond motifs is 2. The summed E-state index contributed by atoms with van der Waals surface area (Å²) < 4.78 is 22.8. The zero-order valence-electron chi connectivity index (χ0n) is 53.5. The number of allylic oxidation sites excluding steroid dienone is 2. The molecule has 2 saturated heterocycles. The van der Waals surface area contributed by atoms with Gasteiger partial charge in [0.15, 0.2) is 0 Å². The normalized spacial score (nSPS) is 16.3. The minimum atomic E-state index is -1.07. The summed E-state index contributed by atoms with van der Waals surface area (Å²) in [4.78, 5) is 125. The van der Waals surface area contributed by atoms with Gasteiger partial charge in [0, 0.05) is 36.8 Å². The summed E-state index contributed by atoms with van der Waals surface area (Å²) in [5.74, 6) is 2.59. The molecule has 2 aromatic heterocycles. The predicted molar refractivity (Wildman–Crippen MR) is 356 cm³/mol. The number of hydrazine groups is 2. The van der Waals surface area contributed by atoms with Gasteiger partial charge in [0.1, 0.15) is 47.8 Å². The van der Waals surface area contributed by atoms with Crippen LogP contribution < -0.4 is 36.9 Å². The number of carbonyl (C=O) groups is 7. The third kappa shape index (κ3) is 19.9. The molecule has 492 valence electrons. The molecular weight excluding hydrogens is 1210 g/mol.